The molecule has 0 bridgehead atoms. The molecule has 27 heavy (non-hydrogen) atoms. The standard InChI is InChI=1S/C19H24FN5O2/c1-21-11-17(15-3-5-16(20)6-4-15)25-12-18(26)24(14-22-25)13-19(27)7-9-23(2)10-8-19/h3-6,11,14,27H,1,7-10,12-13H2,2H3/b17-11-. The summed E-state index contributed by atoms with van der Waals surface area (Å²) in [6.45, 7) is 5.28. The zero-order valence-electron chi connectivity index (χ0n) is 15.4. The Morgan fingerprint density at radius 2 is 2.04 bits per heavy atom. The number of hydrogen-bond donors (Lipinski definition) is 1. The van der Waals surface area contributed by atoms with E-state index < -0.39 is 5.60 Å². The molecule has 1 aromatic rings. The summed E-state index contributed by atoms with van der Waals surface area (Å²) in [5.41, 5.74) is 0.331. The number of amides is 1. The number of rotatable bonds is 5. The predicted molar refractivity (Wildman–Crippen MR) is 103 cm³/mol. The normalized spacial score (nSPS) is 20.9. The highest BCUT2D eigenvalue weighted by Gasteiger charge is 2.35. The highest BCUT2D eigenvalue weighted by molar-refractivity contribution is 5.92. The van der Waals surface area contributed by atoms with Gasteiger partial charge in [-0.3, -0.25) is 19.7 Å². The van der Waals surface area contributed by atoms with Gasteiger partial charge < -0.3 is 10.0 Å². The molecule has 0 atom stereocenters. The van der Waals surface area contributed by atoms with Crippen LogP contribution in [0, 0.1) is 5.82 Å². The molecule has 1 aromatic carbocycles. The number of carbonyl (C=O) groups is 1. The number of aliphatic hydroxyl groups is 1. The summed E-state index contributed by atoms with van der Waals surface area (Å²) in [5, 5.41) is 16.6. The number of piperidine rings is 1. The van der Waals surface area contributed by atoms with Gasteiger partial charge in [-0.1, -0.05) is 0 Å². The van der Waals surface area contributed by atoms with Gasteiger partial charge in [0.2, 0.25) is 5.91 Å². The molecule has 1 saturated heterocycles. The molecule has 7 nitrogen and oxygen atoms in total. The highest BCUT2D eigenvalue weighted by atomic mass is 19.1. The minimum Gasteiger partial charge on any atom is -0.388 e. The van der Waals surface area contributed by atoms with Crippen molar-refractivity contribution in [3.05, 3.63) is 41.8 Å². The molecule has 1 N–H and O–H groups in total. The van der Waals surface area contributed by atoms with Crippen molar-refractivity contribution in [3.8, 4) is 0 Å². The lowest BCUT2D eigenvalue weighted by molar-refractivity contribution is -0.132. The smallest absolute Gasteiger partial charge is 0.249 e. The fraction of sp³-hybridized carbons (Fsp3) is 0.421. The van der Waals surface area contributed by atoms with Crippen molar-refractivity contribution < 1.29 is 14.3 Å². The van der Waals surface area contributed by atoms with Gasteiger partial charge in [-0.25, -0.2) is 4.39 Å². The second kappa shape index (κ2) is 7.98. The van der Waals surface area contributed by atoms with Crippen LogP contribution in [0.25, 0.3) is 5.70 Å². The van der Waals surface area contributed by atoms with Gasteiger partial charge in [-0.15, -0.1) is 0 Å². The number of nitrogens with zero attached hydrogens (tertiary/aromatic N) is 5. The maximum Gasteiger partial charge on any atom is 0.249 e. The monoisotopic (exact) mass is 373 g/mol. The Kier molecular flexibility index (Phi) is 5.67. The largest absolute Gasteiger partial charge is 0.388 e. The van der Waals surface area contributed by atoms with Crippen LogP contribution in [0.2, 0.25) is 0 Å². The van der Waals surface area contributed by atoms with Crippen LogP contribution < -0.4 is 0 Å². The molecule has 0 aliphatic carbocycles. The molecule has 0 spiro atoms. The second-order valence-electron chi connectivity index (χ2n) is 7.04. The fourth-order valence-electron chi connectivity index (χ4n) is 3.23. The summed E-state index contributed by atoms with van der Waals surface area (Å²) in [7, 11) is 2.02. The van der Waals surface area contributed by atoms with Gasteiger partial charge in [0.15, 0.2) is 0 Å². The molecule has 8 heteroatoms. The number of β-amino-alcohol motifs (C(OH)–C–C–N with tert-alkyl or cyclic N) is 1. The molecule has 2 aliphatic rings. The van der Waals surface area contributed by atoms with E-state index in [2.05, 4.69) is 21.7 Å². The van der Waals surface area contributed by atoms with Gasteiger partial charge in [0.25, 0.3) is 0 Å². The third-order valence-electron chi connectivity index (χ3n) is 4.95. The number of hydrogen-bond acceptors (Lipinski definition) is 6. The summed E-state index contributed by atoms with van der Waals surface area (Å²) >= 11 is 0. The number of halogens is 1. The van der Waals surface area contributed by atoms with E-state index in [1.54, 1.807) is 12.1 Å². The first kappa shape index (κ1) is 19.2. The zero-order chi connectivity index (χ0) is 19.4. The molecule has 1 fully saturated rings. The Hall–Kier alpha value is -2.58. The number of hydrazone groups is 1. The lowest BCUT2D eigenvalue weighted by atomic mass is 9.91. The molecular formula is C19H24FN5O2. The lowest BCUT2D eigenvalue weighted by Crippen LogP contribution is -2.53. The highest BCUT2D eigenvalue weighted by Crippen LogP contribution is 2.25. The van der Waals surface area contributed by atoms with Crippen LogP contribution in [0.4, 0.5) is 4.39 Å². The third-order valence-corrected chi connectivity index (χ3v) is 4.95. The first-order valence-electron chi connectivity index (χ1n) is 8.84. The van der Waals surface area contributed by atoms with Gasteiger partial charge in [-0.05, 0) is 50.9 Å². The maximum absolute atomic E-state index is 13.2. The van der Waals surface area contributed by atoms with Gasteiger partial charge >= 0.3 is 0 Å². The Labute approximate surface area is 158 Å². The van der Waals surface area contributed by atoms with E-state index in [9.17, 15) is 14.3 Å². The summed E-state index contributed by atoms with van der Waals surface area (Å²) in [6, 6.07) is 5.87. The Bertz CT molecular complexity index is 754. The quantitative estimate of drug-likeness (QED) is 0.792. The molecule has 0 radical (unpaired) electrons. The maximum atomic E-state index is 13.2. The van der Waals surface area contributed by atoms with Crippen molar-refractivity contribution in [3.63, 3.8) is 0 Å². The van der Waals surface area contributed by atoms with Crippen LogP contribution in [0.1, 0.15) is 18.4 Å². The molecule has 0 aromatic heterocycles. The van der Waals surface area contributed by atoms with Crippen molar-refractivity contribution in [2.75, 3.05) is 33.2 Å². The van der Waals surface area contributed by atoms with E-state index in [1.165, 1.54) is 34.6 Å². The van der Waals surface area contributed by atoms with E-state index in [4.69, 9.17) is 0 Å². The van der Waals surface area contributed by atoms with Crippen molar-refractivity contribution in [1.29, 1.82) is 0 Å². The van der Waals surface area contributed by atoms with Crippen molar-refractivity contribution in [2.24, 2.45) is 10.1 Å². The Morgan fingerprint density at radius 1 is 1.37 bits per heavy atom. The summed E-state index contributed by atoms with van der Waals surface area (Å²) in [6.07, 6.45) is 4.15. The second-order valence-corrected chi connectivity index (χ2v) is 7.04. The van der Waals surface area contributed by atoms with Crippen LogP contribution >= 0.6 is 0 Å². The van der Waals surface area contributed by atoms with E-state index in [-0.39, 0.29) is 24.8 Å². The van der Waals surface area contributed by atoms with Crippen LogP contribution in [-0.2, 0) is 4.79 Å². The fourth-order valence-corrected chi connectivity index (χ4v) is 3.23. The molecule has 0 saturated carbocycles. The van der Waals surface area contributed by atoms with Gasteiger partial charge in [0.1, 0.15) is 18.7 Å². The van der Waals surface area contributed by atoms with Gasteiger partial charge in [0.05, 0.1) is 24.0 Å². The average Bonchev–Trinajstić information content (AvgIpc) is 2.65. The van der Waals surface area contributed by atoms with Crippen LogP contribution in [0.3, 0.4) is 0 Å². The predicted octanol–water partition coefficient (Wildman–Crippen LogP) is 1.37. The van der Waals surface area contributed by atoms with Crippen molar-refractivity contribution in [1.82, 2.24) is 14.8 Å². The lowest BCUT2D eigenvalue weighted by Gasteiger charge is -2.40. The topological polar surface area (TPSA) is 71.7 Å². The first-order valence-corrected chi connectivity index (χ1v) is 8.84. The number of benzene rings is 1. The minimum atomic E-state index is -0.894. The summed E-state index contributed by atoms with van der Waals surface area (Å²) in [4.78, 5) is 20.0. The van der Waals surface area contributed by atoms with Gasteiger partial charge in [-0.2, -0.15) is 5.10 Å². The molecule has 3 rings (SSSR count). The number of aliphatic imine (C=N–C) groups is 1. The van der Waals surface area contributed by atoms with Crippen LogP contribution in [0.5, 0.6) is 0 Å². The molecular weight excluding hydrogens is 349 g/mol. The van der Waals surface area contributed by atoms with E-state index in [1.807, 2.05) is 7.05 Å². The molecule has 1 amide bonds. The van der Waals surface area contributed by atoms with E-state index >= 15 is 0 Å². The average molecular weight is 373 g/mol. The van der Waals surface area contributed by atoms with Crippen LogP contribution in [0.15, 0.2) is 40.6 Å². The Balaban J connectivity index is 1.74. The van der Waals surface area contributed by atoms with E-state index in [0.29, 0.717) is 24.1 Å². The SMILES string of the molecule is C=N/C=C(/c1ccc(F)cc1)N1CC(=O)N(CC2(O)CCN(C)CC2)C=N1. The van der Waals surface area contributed by atoms with E-state index in [0.717, 1.165) is 13.1 Å². The van der Waals surface area contributed by atoms with Crippen molar-refractivity contribution in [2.45, 2.75) is 18.4 Å². The Morgan fingerprint density at radius 3 is 2.63 bits per heavy atom. The molecule has 2 aliphatic heterocycles. The van der Waals surface area contributed by atoms with Crippen molar-refractivity contribution >= 4 is 24.7 Å². The first-order chi connectivity index (χ1) is 12.9. The minimum absolute atomic E-state index is 0.00517. The number of carbonyl (C=O) groups excluding carboxylic acids is 1. The zero-order valence-corrected chi connectivity index (χ0v) is 15.4. The summed E-state index contributed by atoms with van der Waals surface area (Å²) in [5.74, 6) is -0.519. The molecule has 144 valence electrons. The number of likely N-dealkylation sites (tertiary alicyclic amines) is 1. The van der Waals surface area contributed by atoms with Gasteiger partial charge in [0, 0.05) is 18.7 Å². The molecule has 2 heterocycles. The summed E-state index contributed by atoms with van der Waals surface area (Å²) < 4.78 is 13.2. The third kappa shape index (κ3) is 4.58. The molecule has 0 unspecified atom stereocenters. The van der Waals surface area contributed by atoms with Crippen LogP contribution in [-0.4, -0.2) is 77.7 Å².